The lowest BCUT2D eigenvalue weighted by Crippen LogP contribution is -2.05. The van der Waals surface area contributed by atoms with Gasteiger partial charge >= 0.3 is 0 Å². The third-order valence-corrected chi connectivity index (χ3v) is 1.70. The largest absolute Gasteiger partial charge is 0.382 e. The molecule has 0 aliphatic carbocycles. The zero-order valence-electron chi connectivity index (χ0n) is 8.45. The molecule has 0 aliphatic rings. The Morgan fingerprint density at radius 1 is 1.62 bits per heavy atom. The van der Waals surface area contributed by atoms with Crippen molar-refractivity contribution in [3.63, 3.8) is 0 Å². The van der Waals surface area contributed by atoms with Crippen LogP contribution in [0.2, 0.25) is 0 Å². The number of nitrogens with two attached hydrogens (primary N) is 1. The predicted molar refractivity (Wildman–Crippen MR) is 52.1 cm³/mol. The van der Waals surface area contributed by atoms with Gasteiger partial charge in [0.2, 0.25) is 0 Å². The minimum atomic E-state index is 0.547. The second-order valence-corrected chi connectivity index (χ2v) is 3.59. The van der Waals surface area contributed by atoms with E-state index in [4.69, 9.17) is 10.5 Å². The van der Waals surface area contributed by atoms with Gasteiger partial charge in [0, 0.05) is 19.7 Å². The molecule has 1 aromatic rings. The first-order valence-electron chi connectivity index (χ1n) is 4.45. The van der Waals surface area contributed by atoms with Crippen molar-refractivity contribution in [1.29, 1.82) is 0 Å². The molecule has 1 aromatic heterocycles. The van der Waals surface area contributed by atoms with Gasteiger partial charge in [-0.3, -0.25) is 4.68 Å². The number of nitrogen functional groups attached to an aromatic ring is 1. The molecule has 0 radical (unpaired) electrons. The summed E-state index contributed by atoms with van der Waals surface area (Å²) in [5.74, 6) is 1.11. The SMILES string of the molecule is CC(C)COCc1cc(N)nn1C. The minimum absolute atomic E-state index is 0.547. The Hall–Kier alpha value is -1.03. The molecule has 0 aromatic carbocycles. The molecule has 0 spiro atoms. The number of hydrogen-bond acceptors (Lipinski definition) is 3. The third-order valence-electron chi connectivity index (χ3n) is 1.70. The Kier molecular flexibility index (Phi) is 3.31. The summed E-state index contributed by atoms with van der Waals surface area (Å²) in [6.07, 6.45) is 0. The first-order valence-corrected chi connectivity index (χ1v) is 4.45. The van der Waals surface area contributed by atoms with E-state index in [0.717, 1.165) is 12.3 Å². The van der Waals surface area contributed by atoms with Crippen molar-refractivity contribution in [2.45, 2.75) is 20.5 Å². The van der Waals surface area contributed by atoms with E-state index in [1.165, 1.54) is 0 Å². The lowest BCUT2D eigenvalue weighted by Gasteiger charge is -2.06. The monoisotopic (exact) mass is 183 g/mol. The van der Waals surface area contributed by atoms with Crippen LogP contribution in [-0.4, -0.2) is 16.4 Å². The van der Waals surface area contributed by atoms with Crippen LogP contribution >= 0.6 is 0 Å². The zero-order valence-corrected chi connectivity index (χ0v) is 8.45. The van der Waals surface area contributed by atoms with E-state index >= 15 is 0 Å². The van der Waals surface area contributed by atoms with Gasteiger partial charge in [0.05, 0.1) is 12.3 Å². The van der Waals surface area contributed by atoms with Crippen molar-refractivity contribution in [3.05, 3.63) is 11.8 Å². The summed E-state index contributed by atoms with van der Waals surface area (Å²) in [4.78, 5) is 0. The fourth-order valence-electron chi connectivity index (χ4n) is 1.06. The molecule has 0 unspecified atom stereocenters. The van der Waals surface area contributed by atoms with Crippen molar-refractivity contribution in [1.82, 2.24) is 9.78 Å². The molecule has 0 saturated carbocycles. The van der Waals surface area contributed by atoms with Gasteiger partial charge in [0.1, 0.15) is 5.82 Å². The maximum atomic E-state index is 5.52. The number of anilines is 1. The summed E-state index contributed by atoms with van der Waals surface area (Å²) in [6.45, 7) is 5.60. The Morgan fingerprint density at radius 3 is 2.77 bits per heavy atom. The summed E-state index contributed by atoms with van der Waals surface area (Å²) in [6, 6.07) is 1.83. The zero-order chi connectivity index (χ0) is 9.84. The van der Waals surface area contributed by atoms with Crippen molar-refractivity contribution >= 4 is 5.82 Å². The molecule has 0 saturated heterocycles. The number of rotatable bonds is 4. The van der Waals surface area contributed by atoms with Crippen molar-refractivity contribution < 1.29 is 4.74 Å². The molecule has 13 heavy (non-hydrogen) atoms. The van der Waals surface area contributed by atoms with E-state index < -0.39 is 0 Å². The molecular weight excluding hydrogens is 166 g/mol. The van der Waals surface area contributed by atoms with E-state index in [1.807, 2.05) is 13.1 Å². The Bertz CT molecular complexity index is 268. The molecular formula is C9H17N3O. The van der Waals surface area contributed by atoms with Gasteiger partial charge in [-0.15, -0.1) is 0 Å². The topological polar surface area (TPSA) is 53.1 Å². The maximum absolute atomic E-state index is 5.52. The van der Waals surface area contributed by atoms with E-state index in [2.05, 4.69) is 18.9 Å². The smallest absolute Gasteiger partial charge is 0.145 e. The van der Waals surface area contributed by atoms with Crippen LogP contribution in [0, 0.1) is 5.92 Å². The molecule has 4 heteroatoms. The minimum Gasteiger partial charge on any atom is -0.382 e. The van der Waals surface area contributed by atoms with E-state index in [9.17, 15) is 0 Å². The van der Waals surface area contributed by atoms with Crippen LogP contribution in [0.5, 0.6) is 0 Å². The molecule has 0 aliphatic heterocycles. The van der Waals surface area contributed by atoms with Crippen LogP contribution in [0.15, 0.2) is 6.07 Å². The summed E-state index contributed by atoms with van der Waals surface area (Å²) >= 11 is 0. The van der Waals surface area contributed by atoms with Crippen molar-refractivity contribution in [3.8, 4) is 0 Å². The van der Waals surface area contributed by atoms with E-state index in [-0.39, 0.29) is 0 Å². The quantitative estimate of drug-likeness (QED) is 0.762. The molecule has 74 valence electrons. The first-order chi connectivity index (χ1) is 6.09. The molecule has 1 rings (SSSR count). The van der Waals surface area contributed by atoms with Crippen molar-refractivity contribution in [2.75, 3.05) is 12.3 Å². The molecule has 0 fully saturated rings. The van der Waals surface area contributed by atoms with Crippen LogP contribution in [0.1, 0.15) is 19.5 Å². The van der Waals surface area contributed by atoms with Crippen LogP contribution in [0.3, 0.4) is 0 Å². The molecule has 0 atom stereocenters. The molecule has 0 bridgehead atoms. The van der Waals surface area contributed by atoms with Crippen LogP contribution in [-0.2, 0) is 18.4 Å². The van der Waals surface area contributed by atoms with Gasteiger partial charge in [-0.25, -0.2) is 0 Å². The van der Waals surface area contributed by atoms with Gasteiger partial charge < -0.3 is 10.5 Å². The fourth-order valence-corrected chi connectivity index (χ4v) is 1.06. The van der Waals surface area contributed by atoms with Crippen LogP contribution in [0.4, 0.5) is 5.82 Å². The molecule has 1 heterocycles. The molecule has 2 N–H and O–H groups in total. The highest BCUT2D eigenvalue weighted by Crippen LogP contribution is 2.06. The highest BCUT2D eigenvalue weighted by atomic mass is 16.5. The number of ether oxygens (including phenoxy) is 1. The standard InChI is InChI=1S/C9H17N3O/c1-7(2)5-13-6-8-4-9(10)11-12(8)3/h4,7H,5-6H2,1-3H3,(H2,10,11). The fraction of sp³-hybridized carbons (Fsp3) is 0.667. The number of nitrogens with zero attached hydrogens (tertiary/aromatic N) is 2. The average Bonchev–Trinajstić information content (AvgIpc) is 2.29. The van der Waals surface area contributed by atoms with Gasteiger partial charge in [0.15, 0.2) is 0 Å². The number of hydrogen-bond donors (Lipinski definition) is 1. The summed E-state index contributed by atoms with van der Waals surface area (Å²) in [7, 11) is 1.87. The summed E-state index contributed by atoms with van der Waals surface area (Å²) < 4.78 is 7.20. The number of aromatic nitrogens is 2. The Labute approximate surface area is 78.7 Å². The Balaban J connectivity index is 2.40. The number of aryl methyl sites for hydroxylation is 1. The lowest BCUT2D eigenvalue weighted by atomic mass is 10.2. The van der Waals surface area contributed by atoms with Gasteiger partial charge in [-0.2, -0.15) is 5.10 Å². The van der Waals surface area contributed by atoms with Gasteiger partial charge in [0.25, 0.3) is 0 Å². The maximum Gasteiger partial charge on any atom is 0.145 e. The van der Waals surface area contributed by atoms with E-state index in [1.54, 1.807) is 4.68 Å². The normalized spacial score (nSPS) is 11.1. The Morgan fingerprint density at radius 2 is 2.31 bits per heavy atom. The van der Waals surface area contributed by atoms with Crippen LogP contribution in [0.25, 0.3) is 0 Å². The van der Waals surface area contributed by atoms with Gasteiger partial charge in [-0.05, 0) is 5.92 Å². The highest BCUT2D eigenvalue weighted by molar-refractivity contribution is 5.28. The highest BCUT2D eigenvalue weighted by Gasteiger charge is 2.02. The lowest BCUT2D eigenvalue weighted by molar-refractivity contribution is 0.0926. The first kappa shape index (κ1) is 10.1. The van der Waals surface area contributed by atoms with Crippen LogP contribution < -0.4 is 5.73 Å². The average molecular weight is 183 g/mol. The third kappa shape index (κ3) is 3.06. The second kappa shape index (κ2) is 4.28. The molecule has 4 nitrogen and oxygen atoms in total. The predicted octanol–water partition coefficient (Wildman–Crippen LogP) is 1.17. The van der Waals surface area contributed by atoms with E-state index in [0.29, 0.717) is 18.3 Å². The van der Waals surface area contributed by atoms with Crippen molar-refractivity contribution in [2.24, 2.45) is 13.0 Å². The van der Waals surface area contributed by atoms with Gasteiger partial charge in [-0.1, -0.05) is 13.8 Å². The summed E-state index contributed by atoms with van der Waals surface area (Å²) in [5, 5.41) is 4.02. The molecule has 0 amide bonds. The second-order valence-electron chi connectivity index (χ2n) is 3.59. The summed E-state index contributed by atoms with van der Waals surface area (Å²) in [5.41, 5.74) is 6.54.